The van der Waals surface area contributed by atoms with E-state index in [1.807, 2.05) is 4.68 Å². The summed E-state index contributed by atoms with van der Waals surface area (Å²) in [6.45, 7) is 10.1. The third-order valence-electron chi connectivity index (χ3n) is 4.25. The van der Waals surface area contributed by atoms with E-state index in [0.717, 1.165) is 31.7 Å². The first-order valence-electron chi connectivity index (χ1n) is 7.63. The Balaban J connectivity index is 2.28. The van der Waals surface area contributed by atoms with Gasteiger partial charge in [0, 0.05) is 25.2 Å². The molecule has 0 amide bonds. The van der Waals surface area contributed by atoms with Crippen LogP contribution in [0.5, 0.6) is 5.75 Å². The van der Waals surface area contributed by atoms with Crippen LogP contribution in [-0.4, -0.2) is 58.7 Å². The molecule has 2 heterocycles. The SMILES string of the molecule is CCCn1ncc(OC)c1C(O)C(C)(C)N1CCOCC1. The maximum Gasteiger partial charge on any atom is 0.162 e. The van der Waals surface area contributed by atoms with Crippen molar-refractivity contribution in [3.8, 4) is 5.75 Å². The zero-order valence-corrected chi connectivity index (χ0v) is 13.5. The van der Waals surface area contributed by atoms with Crippen LogP contribution in [0.4, 0.5) is 0 Å². The molecule has 6 heteroatoms. The van der Waals surface area contributed by atoms with Gasteiger partial charge in [-0.3, -0.25) is 9.58 Å². The number of ether oxygens (including phenoxy) is 2. The van der Waals surface area contributed by atoms with Crippen molar-refractivity contribution in [2.75, 3.05) is 33.4 Å². The van der Waals surface area contributed by atoms with E-state index in [-0.39, 0.29) is 0 Å². The standard InChI is InChI=1S/C15H27N3O3/c1-5-6-18-13(12(20-4)11-16-18)14(19)15(2,3)17-7-9-21-10-8-17/h11,14,19H,5-10H2,1-4H3. The predicted molar refractivity (Wildman–Crippen MR) is 80.5 cm³/mol. The van der Waals surface area contributed by atoms with Crippen LogP contribution in [0.1, 0.15) is 39.0 Å². The highest BCUT2D eigenvalue weighted by Crippen LogP contribution is 2.36. The van der Waals surface area contributed by atoms with Crippen LogP contribution in [0, 0.1) is 0 Å². The molecule has 1 fully saturated rings. The molecule has 0 radical (unpaired) electrons. The Morgan fingerprint density at radius 3 is 2.67 bits per heavy atom. The van der Waals surface area contributed by atoms with Gasteiger partial charge in [-0.15, -0.1) is 0 Å². The lowest BCUT2D eigenvalue weighted by molar-refractivity contribution is -0.0660. The molecule has 1 N–H and O–H groups in total. The predicted octanol–water partition coefficient (Wildman–Crippen LogP) is 1.45. The van der Waals surface area contributed by atoms with Crippen molar-refractivity contribution in [2.24, 2.45) is 0 Å². The van der Waals surface area contributed by atoms with Crippen molar-refractivity contribution >= 4 is 0 Å². The number of aromatic nitrogens is 2. The Morgan fingerprint density at radius 2 is 2.10 bits per heavy atom. The van der Waals surface area contributed by atoms with E-state index in [4.69, 9.17) is 9.47 Å². The Hall–Kier alpha value is -1.11. The molecule has 1 saturated heterocycles. The van der Waals surface area contributed by atoms with Gasteiger partial charge in [0.25, 0.3) is 0 Å². The van der Waals surface area contributed by atoms with E-state index in [0.29, 0.717) is 19.0 Å². The molecule has 120 valence electrons. The van der Waals surface area contributed by atoms with E-state index in [1.54, 1.807) is 13.3 Å². The number of morpholine rings is 1. The second-order valence-electron chi connectivity index (χ2n) is 5.98. The topological polar surface area (TPSA) is 59.8 Å². The van der Waals surface area contributed by atoms with Gasteiger partial charge in [-0.2, -0.15) is 5.10 Å². The van der Waals surface area contributed by atoms with E-state index < -0.39 is 11.6 Å². The Bertz CT molecular complexity index is 453. The summed E-state index contributed by atoms with van der Waals surface area (Å²) in [5.74, 6) is 0.650. The zero-order chi connectivity index (χ0) is 15.5. The van der Waals surface area contributed by atoms with Crippen LogP contribution >= 0.6 is 0 Å². The van der Waals surface area contributed by atoms with Gasteiger partial charge >= 0.3 is 0 Å². The van der Waals surface area contributed by atoms with Gasteiger partial charge in [-0.1, -0.05) is 6.92 Å². The van der Waals surface area contributed by atoms with Crippen molar-refractivity contribution in [3.63, 3.8) is 0 Å². The second kappa shape index (κ2) is 6.77. The molecule has 1 aromatic rings. The highest BCUT2D eigenvalue weighted by Gasteiger charge is 2.39. The molecule has 0 spiro atoms. The molecule has 1 aliphatic heterocycles. The summed E-state index contributed by atoms with van der Waals surface area (Å²) in [7, 11) is 1.62. The molecule has 0 bridgehead atoms. The Kier molecular flexibility index (Phi) is 5.24. The van der Waals surface area contributed by atoms with Crippen molar-refractivity contribution in [1.29, 1.82) is 0 Å². The smallest absolute Gasteiger partial charge is 0.162 e. The summed E-state index contributed by atoms with van der Waals surface area (Å²) < 4.78 is 12.6. The minimum atomic E-state index is -0.667. The van der Waals surface area contributed by atoms with E-state index >= 15 is 0 Å². The number of nitrogens with zero attached hydrogens (tertiary/aromatic N) is 3. The number of rotatable bonds is 6. The minimum absolute atomic E-state index is 0.400. The summed E-state index contributed by atoms with van der Waals surface area (Å²) >= 11 is 0. The molecule has 1 unspecified atom stereocenters. The molecule has 0 aliphatic carbocycles. The molecule has 21 heavy (non-hydrogen) atoms. The summed E-state index contributed by atoms with van der Waals surface area (Å²) in [5.41, 5.74) is 0.360. The lowest BCUT2D eigenvalue weighted by Gasteiger charge is -2.43. The first-order chi connectivity index (χ1) is 10.0. The van der Waals surface area contributed by atoms with Gasteiger partial charge in [0.1, 0.15) is 11.8 Å². The fraction of sp³-hybridized carbons (Fsp3) is 0.800. The quantitative estimate of drug-likeness (QED) is 0.861. The third kappa shape index (κ3) is 3.22. The van der Waals surface area contributed by atoms with E-state index in [2.05, 4.69) is 30.8 Å². The van der Waals surface area contributed by atoms with Crippen molar-refractivity contribution in [1.82, 2.24) is 14.7 Å². The minimum Gasteiger partial charge on any atom is -0.493 e. The summed E-state index contributed by atoms with van der Waals surface area (Å²) in [6, 6.07) is 0. The average Bonchev–Trinajstić information content (AvgIpc) is 2.90. The molecular formula is C15H27N3O3. The highest BCUT2D eigenvalue weighted by atomic mass is 16.5. The first-order valence-corrected chi connectivity index (χ1v) is 7.63. The number of hydrogen-bond donors (Lipinski definition) is 1. The molecule has 6 nitrogen and oxygen atoms in total. The highest BCUT2D eigenvalue weighted by molar-refractivity contribution is 5.29. The average molecular weight is 297 g/mol. The lowest BCUT2D eigenvalue weighted by atomic mass is 9.91. The summed E-state index contributed by atoms with van der Waals surface area (Å²) in [5, 5.41) is 15.3. The Labute approximate surface area is 126 Å². The van der Waals surface area contributed by atoms with Gasteiger partial charge in [0.05, 0.1) is 26.5 Å². The number of aryl methyl sites for hydroxylation is 1. The normalized spacial score (nSPS) is 18.7. The molecule has 1 aliphatic rings. The van der Waals surface area contributed by atoms with Gasteiger partial charge in [-0.05, 0) is 20.3 Å². The monoisotopic (exact) mass is 297 g/mol. The number of hydrogen-bond acceptors (Lipinski definition) is 5. The second-order valence-corrected chi connectivity index (χ2v) is 5.98. The van der Waals surface area contributed by atoms with E-state index in [1.165, 1.54) is 0 Å². The van der Waals surface area contributed by atoms with Gasteiger partial charge in [-0.25, -0.2) is 0 Å². The molecule has 2 rings (SSSR count). The first kappa shape index (κ1) is 16.3. The largest absolute Gasteiger partial charge is 0.493 e. The fourth-order valence-corrected chi connectivity index (χ4v) is 2.85. The maximum absolute atomic E-state index is 11.0. The summed E-state index contributed by atoms with van der Waals surface area (Å²) in [4.78, 5) is 2.27. The van der Waals surface area contributed by atoms with Crippen molar-refractivity contribution in [2.45, 2.75) is 45.4 Å². The molecule has 1 atom stereocenters. The number of aliphatic hydroxyl groups excluding tert-OH is 1. The van der Waals surface area contributed by atoms with Crippen LogP contribution in [-0.2, 0) is 11.3 Å². The Morgan fingerprint density at radius 1 is 1.43 bits per heavy atom. The van der Waals surface area contributed by atoms with Gasteiger partial charge in [0.2, 0.25) is 0 Å². The third-order valence-corrected chi connectivity index (χ3v) is 4.25. The molecule has 1 aromatic heterocycles. The van der Waals surface area contributed by atoms with Gasteiger partial charge < -0.3 is 14.6 Å². The maximum atomic E-state index is 11.0. The van der Waals surface area contributed by atoms with Crippen LogP contribution in [0.3, 0.4) is 0 Å². The van der Waals surface area contributed by atoms with Crippen molar-refractivity contribution in [3.05, 3.63) is 11.9 Å². The fourth-order valence-electron chi connectivity index (χ4n) is 2.85. The van der Waals surface area contributed by atoms with E-state index in [9.17, 15) is 5.11 Å². The lowest BCUT2D eigenvalue weighted by Crippen LogP contribution is -2.53. The molecule has 0 aromatic carbocycles. The van der Waals surface area contributed by atoms with Gasteiger partial charge in [0.15, 0.2) is 5.75 Å². The number of methoxy groups -OCH3 is 1. The van der Waals surface area contributed by atoms with Crippen LogP contribution < -0.4 is 4.74 Å². The zero-order valence-electron chi connectivity index (χ0n) is 13.5. The van der Waals surface area contributed by atoms with Crippen LogP contribution in [0.25, 0.3) is 0 Å². The van der Waals surface area contributed by atoms with Crippen molar-refractivity contribution < 1.29 is 14.6 Å². The van der Waals surface area contributed by atoms with Crippen LogP contribution in [0.2, 0.25) is 0 Å². The summed E-state index contributed by atoms with van der Waals surface area (Å²) in [6.07, 6.45) is 1.98. The molecular weight excluding hydrogens is 270 g/mol. The molecule has 0 saturated carbocycles. The number of aliphatic hydroxyl groups is 1. The van der Waals surface area contributed by atoms with Crippen LogP contribution in [0.15, 0.2) is 6.20 Å².